The number of carbonyl (C=O) groups excluding carboxylic acids is 2. The second-order valence-electron chi connectivity index (χ2n) is 4.50. The summed E-state index contributed by atoms with van der Waals surface area (Å²) in [5.74, 6) is -0.885. The number of nitrogens with two attached hydrogens (primary N) is 1. The topological polar surface area (TPSA) is 101 Å². The molecule has 0 saturated carbocycles. The van der Waals surface area contributed by atoms with Crippen LogP contribution in [0.1, 0.15) is 33.1 Å². The first-order chi connectivity index (χ1) is 9.25. The van der Waals surface area contributed by atoms with Crippen LogP contribution in [0.25, 0.3) is 0 Å². The minimum absolute atomic E-state index is 0.183. The molecule has 1 unspecified atom stereocenters. The molecule has 0 heterocycles. The summed E-state index contributed by atoms with van der Waals surface area (Å²) >= 11 is 0. The zero-order valence-corrected chi connectivity index (χ0v) is 13.6. The third-order valence-corrected chi connectivity index (χ3v) is 5.73. The maximum absolute atomic E-state index is 11.7. The van der Waals surface area contributed by atoms with E-state index in [1.807, 2.05) is 6.92 Å². The average Bonchev–Trinajstić information content (AvgIpc) is 2.39. The number of carboxylic acids is 1. The lowest BCUT2D eigenvalue weighted by molar-refractivity contribution is -0.148. The number of nitrogens with zero attached hydrogens (tertiary/aromatic N) is 1. The molecule has 0 aliphatic rings. The fourth-order valence-corrected chi connectivity index (χ4v) is 3.57. The summed E-state index contributed by atoms with van der Waals surface area (Å²) in [6.45, 7) is 3.48. The molecule has 8 heteroatoms. The molecule has 0 rings (SSSR count). The molecule has 0 aromatic rings. The van der Waals surface area contributed by atoms with Gasteiger partial charge in [0.1, 0.15) is 6.04 Å². The third kappa shape index (κ3) is 8.31. The average molecular weight is 322 g/mol. The van der Waals surface area contributed by atoms with Gasteiger partial charge in [-0.25, -0.2) is 4.79 Å². The van der Waals surface area contributed by atoms with E-state index in [1.165, 1.54) is 18.9 Å². The van der Waals surface area contributed by atoms with E-state index in [2.05, 4.69) is 0 Å². The van der Waals surface area contributed by atoms with Crippen LogP contribution in [0, 0.1) is 0 Å². The highest BCUT2D eigenvalue weighted by atomic mass is 33.1. The molecule has 0 bridgehead atoms. The molecule has 0 aromatic heterocycles. The zero-order chi connectivity index (χ0) is 15.7. The van der Waals surface area contributed by atoms with E-state index >= 15 is 0 Å². The molecule has 2 atom stereocenters. The first-order valence-electron chi connectivity index (χ1n) is 6.30. The van der Waals surface area contributed by atoms with Crippen LogP contribution in [0.2, 0.25) is 0 Å². The lowest BCUT2D eigenvalue weighted by Gasteiger charge is -2.21. The van der Waals surface area contributed by atoms with Gasteiger partial charge in [-0.2, -0.15) is 0 Å². The van der Waals surface area contributed by atoms with Gasteiger partial charge in [0.25, 0.3) is 0 Å². The van der Waals surface area contributed by atoms with Crippen molar-refractivity contribution in [1.82, 2.24) is 4.90 Å². The second kappa shape index (κ2) is 9.93. The number of hydrogen-bond donors (Lipinski definition) is 2. The van der Waals surface area contributed by atoms with E-state index < -0.39 is 12.0 Å². The largest absolute Gasteiger partial charge is 0.480 e. The maximum atomic E-state index is 11.7. The van der Waals surface area contributed by atoms with E-state index in [4.69, 9.17) is 10.8 Å². The summed E-state index contributed by atoms with van der Waals surface area (Å²) in [6, 6.07) is -0.811. The molecule has 0 aromatic carbocycles. The number of aliphatic carboxylic acids is 1. The van der Waals surface area contributed by atoms with Crippen LogP contribution in [-0.4, -0.2) is 51.9 Å². The Morgan fingerprint density at radius 1 is 1.25 bits per heavy atom. The predicted molar refractivity (Wildman–Crippen MR) is 82.4 cm³/mol. The summed E-state index contributed by atoms with van der Waals surface area (Å²) in [5.41, 5.74) is 5.07. The van der Waals surface area contributed by atoms with Gasteiger partial charge < -0.3 is 15.7 Å². The molecule has 0 radical (unpaired) electrons. The number of amides is 2. The second-order valence-corrected chi connectivity index (χ2v) is 7.43. The van der Waals surface area contributed by atoms with Gasteiger partial charge in [-0.15, -0.1) is 0 Å². The summed E-state index contributed by atoms with van der Waals surface area (Å²) in [6.07, 6.45) is 1.39. The van der Waals surface area contributed by atoms with Gasteiger partial charge >= 0.3 is 5.97 Å². The van der Waals surface area contributed by atoms with Crippen molar-refractivity contribution >= 4 is 39.4 Å². The Kier molecular flexibility index (Phi) is 9.49. The van der Waals surface area contributed by atoms with E-state index in [0.717, 1.165) is 6.42 Å². The Labute approximate surface area is 127 Å². The number of rotatable bonds is 10. The van der Waals surface area contributed by atoms with Crippen molar-refractivity contribution in [3.8, 4) is 0 Å². The zero-order valence-electron chi connectivity index (χ0n) is 12.0. The van der Waals surface area contributed by atoms with Crippen LogP contribution in [0.4, 0.5) is 0 Å². The van der Waals surface area contributed by atoms with Gasteiger partial charge in [-0.05, 0) is 13.3 Å². The summed E-state index contributed by atoms with van der Waals surface area (Å²) in [7, 11) is 4.65. The Bertz CT molecular complexity index is 352. The minimum Gasteiger partial charge on any atom is -0.480 e. The van der Waals surface area contributed by atoms with Gasteiger partial charge in [0.2, 0.25) is 11.8 Å². The molecule has 20 heavy (non-hydrogen) atoms. The number of carboxylic acid groups (broad SMARTS) is 1. The van der Waals surface area contributed by atoms with Gasteiger partial charge in [-0.1, -0.05) is 28.5 Å². The van der Waals surface area contributed by atoms with Crippen molar-refractivity contribution in [2.45, 2.75) is 44.4 Å². The molecule has 0 saturated heterocycles. The van der Waals surface area contributed by atoms with E-state index in [-0.39, 0.29) is 11.8 Å². The highest BCUT2D eigenvalue weighted by Gasteiger charge is 2.21. The Hall–Kier alpha value is -0.890. The summed E-state index contributed by atoms with van der Waals surface area (Å²) in [5, 5.41) is 9.10. The van der Waals surface area contributed by atoms with Gasteiger partial charge in [0, 0.05) is 30.9 Å². The molecule has 116 valence electrons. The van der Waals surface area contributed by atoms with Crippen molar-refractivity contribution < 1.29 is 19.5 Å². The van der Waals surface area contributed by atoms with E-state index in [9.17, 15) is 14.4 Å². The lowest BCUT2D eigenvalue weighted by Crippen LogP contribution is -2.40. The third-order valence-electron chi connectivity index (χ3n) is 2.76. The van der Waals surface area contributed by atoms with Crippen LogP contribution < -0.4 is 5.73 Å². The first-order valence-corrected chi connectivity index (χ1v) is 8.69. The van der Waals surface area contributed by atoms with Crippen molar-refractivity contribution in [3.63, 3.8) is 0 Å². The van der Waals surface area contributed by atoms with Crippen LogP contribution in [0.3, 0.4) is 0 Å². The number of hydrogen-bond acceptors (Lipinski definition) is 5. The molecular formula is C12H22N2O4S2. The number of likely N-dealkylation sites (N-methyl/N-ethyl adjacent to an activating group) is 1. The van der Waals surface area contributed by atoms with Gasteiger partial charge in [-0.3, -0.25) is 9.59 Å². The van der Waals surface area contributed by atoms with E-state index in [0.29, 0.717) is 23.8 Å². The fourth-order valence-electron chi connectivity index (χ4n) is 1.24. The molecule has 6 nitrogen and oxygen atoms in total. The van der Waals surface area contributed by atoms with E-state index in [1.54, 1.807) is 21.6 Å². The fraction of sp³-hybridized carbons (Fsp3) is 0.750. The number of primary amides is 1. The summed E-state index contributed by atoms with van der Waals surface area (Å²) in [4.78, 5) is 34.3. The van der Waals surface area contributed by atoms with Crippen molar-refractivity contribution in [1.29, 1.82) is 0 Å². The minimum atomic E-state index is -1.01. The standard InChI is InChI=1S/C12H22N2O4S2/c1-8(4-5-10(13)15)20-19-7-6-11(16)14(3)9(2)12(17)18/h8-9H,4-7H2,1-3H3,(H2,13,15)(H,17,18)/t8?,9-/m0/s1. The van der Waals surface area contributed by atoms with Crippen molar-refractivity contribution in [2.75, 3.05) is 12.8 Å². The van der Waals surface area contributed by atoms with Crippen LogP contribution in [-0.2, 0) is 14.4 Å². The van der Waals surface area contributed by atoms with Crippen LogP contribution in [0.5, 0.6) is 0 Å². The maximum Gasteiger partial charge on any atom is 0.326 e. The van der Waals surface area contributed by atoms with Crippen LogP contribution in [0.15, 0.2) is 0 Å². The molecular weight excluding hydrogens is 300 g/mol. The van der Waals surface area contributed by atoms with Gasteiger partial charge in [0.05, 0.1) is 0 Å². The molecule has 2 amide bonds. The first kappa shape index (κ1) is 19.1. The normalized spacial score (nSPS) is 13.6. The van der Waals surface area contributed by atoms with Gasteiger partial charge in [0.15, 0.2) is 0 Å². The SMILES string of the molecule is CC(CCC(N)=O)SSCCC(=O)N(C)[C@@H](C)C(=O)O. The quantitative estimate of drug-likeness (QED) is 0.465. The molecule has 0 spiro atoms. The Balaban J connectivity index is 3.81. The molecule has 0 aliphatic carbocycles. The molecule has 0 fully saturated rings. The molecule has 0 aliphatic heterocycles. The van der Waals surface area contributed by atoms with Crippen molar-refractivity contribution in [3.05, 3.63) is 0 Å². The smallest absolute Gasteiger partial charge is 0.326 e. The summed E-state index contributed by atoms with van der Waals surface area (Å²) < 4.78 is 0. The Morgan fingerprint density at radius 3 is 2.35 bits per heavy atom. The van der Waals surface area contributed by atoms with Crippen LogP contribution >= 0.6 is 21.6 Å². The lowest BCUT2D eigenvalue weighted by atomic mass is 10.2. The highest BCUT2D eigenvalue weighted by Crippen LogP contribution is 2.29. The number of carbonyl (C=O) groups is 3. The molecule has 3 N–H and O–H groups in total. The Morgan fingerprint density at radius 2 is 1.85 bits per heavy atom. The van der Waals surface area contributed by atoms with Crippen molar-refractivity contribution in [2.24, 2.45) is 5.73 Å². The highest BCUT2D eigenvalue weighted by molar-refractivity contribution is 8.76. The predicted octanol–water partition coefficient (Wildman–Crippen LogP) is 1.34. The monoisotopic (exact) mass is 322 g/mol.